The van der Waals surface area contributed by atoms with Crippen LogP contribution >= 0.6 is 0 Å². The van der Waals surface area contributed by atoms with Crippen molar-refractivity contribution in [3.8, 4) is 0 Å². The highest BCUT2D eigenvalue weighted by molar-refractivity contribution is 7.89. The SMILES string of the molecule is CCNS(=O)(=O)CCNc1ccc(S(=O)(=O)NC)cc1. The molecule has 0 aliphatic carbocycles. The van der Waals surface area contributed by atoms with Gasteiger partial charge in [-0.05, 0) is 31.3 Å². The smallest absolute Gasteiger partial charge is 0.240 e. The number of hydrogen-bond acceptors (Lipinski definition) is 5. The van der Waals surface area contributed by atoms with Gasteiger partial charge in [-0.3, -0.25) is 0 Å². The second-order valence-corrected chi connectivity index (χ2v) is 7.79. The number of nitrogens with one attached hydrogen (secondary N) is 3. The molecular formula is C11H19N3O4S2. The first kappa shape index (κ1) is 16.9. The molecule has 0 aliphatic heterocycles. The molecule has 1 aromatic carbocycles. The molecule has 20 heavy (non-hydrogen) atoms. The molecule has 1 aromatic rings. The van der Waals surface area contributed by atoms with Crippen LogP contribution in [0.2, 0.25) is 0 Å². The van der Waals surface area contributed by atoms with E-state index in [1.54, 1.807) is 19.1 Å². The number of sulfonamides is 2. The Morgan fingerprint density at radius 3 is 2.15 bits per heavy atom. The summed E-state index contributed by atoms with van der Waals surface area (Å²) in [6.45, 7) is 2.32. The van der Waals surface area contributed by atoms with Crippen molar-refractivity contribution in [1.29, 1.82) is 0 Å². The van der Waals surface area contributed by atoms with Crippen LogP contribution in [-0.4, -0.2) is 42.7 Å². The van der Waals surface area contributed by atoms with Crippen LogP contribution in [-0.2, 0) is 20.0 Å². The third kappa shape index (κ3) is 5.08. The minimum Gasteiger partial charge on any atom is -0.384 e. The van der Waals surface area contributed by atoms with Crippen LogP contribution in [0.3, 0.4) is 0 Å². The molecule has 9 heteroatoms. The quantitative estimate of drug-likeness (QED) is 0.622. The molecule has 1 rings (SSSR count). The third-order valence-corrected chi connectivity index (χ3v) is 5.40. The van der Waals surface area contributed by atoms with E-state index in [2.05, 4.69) is 14.8 Å². The monoisotopic (exact) mass is 321 g/mol. The number of anilines is 1. The van der Waals surface area contributed by atoms with Gasteiger partial charge < -0.3 is 5.32 Å². The fourth-order valence-corrected chi connectivity index (χ4v) is 3.18. The lowest BCUT2D eigenvalue weighted by atomic mass is 10.3. The molecular weight excluding hydrogens is 302 g/mol. The number of benzene rings is 1. The van der Waals surface area contributed by atoms with Crippen LogP contribution in [0.25, 0.3) is 0 Å². The lowest BCUT2D eigenvalue weighted by Gasteiger charge is -2.08. The molecule has 0 aliphatic rings. The topological polar surface area (TPSA) is 104 Å². The molecule has 0 fully saturated rings. The summed E-state index contributed by atoms with van der Waals surface area (Å²) < 4.78 is 50.4. The Hall–Kier alpha value is -1.16. The van der Waals surface area contributed by atoms with Gasteiger partial charge in [-0.25, -0.2) is 26.3 Å². The Balaban J connectivity index is 2.59. The molecule has 0 saturated heterocycles. The summed E-state index contributed by atoms with van der Waals surface area (Å²) in [4.78, 5) is 0.158. The van der Waals surface area contributed by atoms with Crippen molar-refractivity contribution >= 4 is 25.7 Å². The summed E-state index contributed by atoms with van der Waals surface area (Å²) in [5.41, 5.74) is 0.659. The third-order valence-electron chi connectivity index (χ3n) is 2.50. The van der Waals surface area contributed by atoms with Gasteiger partial charge in [-0.1, -0.05) is 6.92 Å². The zero-order chi connectivity index (χ0) is 15.2. The normalized spacial score (nSPS) is 12.3. The van der Waals surface area contributed by atoms with Crippen molar-refractivity contribution < 1.29 is 16.8 Å². The van der Waals surface area contributed by atoms with Crippen LogP contribution in [0.1, 0.15) is 6.92 Å². The first-order chi connectivity index (χ1) is 9.30. The zero-order valence-corrected chi connectivity index (χ0v) is 13.0. The van der Waals surface area contributed by atoms with Gasteiger partial charge >= 0.3 is 0 Å². The van der Waals surface area contributed by atoms with Gasteiger partial charge in [0, 0.05) is 18.8 Å². The van der Waals surface area contributed by atoms with Crippen molar-refractivity contribution in [3.63, 3.8) is 0 Å². The van der Waals surface area contributed by atoms with Crippen LogP contribution in [0.15, 0.2) is 29.2 Å². The van der Waals surface area contributed by atoms with E-state index in [9.17, 15) is 16.8 Å². The van der Waals surface area contributed by atoms with Crippen molar-refractivity contribution in [2.45, 2.75) is 11.8 Å². The minimum absolute atomic E-state index is 0.0442. The van der Waals surface area contributed by atoms with Crippen molar-refractivity contribution in [2.24, 2.45) is 0 Å². The first-order valence-corrected chi connectivity index (χ1v) is 9.19. The van der Waals surface area contributed by atoms with Gasteiger partial charge in [0.2, 0.25) is 20.0 Å². The standard InChI is InChI=1S/C11H19N3O4S2/c1-3-14-19(15,16)9-8-13-10-4-6-11(7-5-10)20(17,18)12-2/h4-7,12-14H,3,8-9H2,1-2H3. The van der Waals surface area contributed by atoms with E-state index in [-0.39, 0.29) is 17.2 Å². The van der Waals surface area contributed by atoms with Gasteiger partial charge in [0.15, 0.2) is 0 Å². The Bertz CT molecular complexity index is 624. The second-order valence-electron chi connectivity index (χ2n) is 3.98. The average molecular weight is 321 g/mol. The van der Waals surface area contributed by atoms with Gasteiger partial charge in [0.25, 0.3) is 0 Å². The second kappa shape index (κ2) is 7.02. The molecule has 0 spiro atoms. The minimum atomic E-state index is -3.45. The molecule has 0 atom stereocenters. The molecule has 114 valence electrons. The van der Waals surface area contributed by atoms with Crippen LogP contribution in [0, 0.1) is 0 Å². The van der Waals surface area contributed by atoms with E-state index in [1.165, 1.54) is 19.2 Å². The molecule has 0 bridgehead atoms. The Kier molecular flexibility index (Phi) is 5.93. The van der Waals surface area contributed by atoms with E-state index in [4.69, 9.17) is 0 Å². The van der Waals surface area contributed by atoms with E-state index >= 15 is 0 Å². The summed E-state index contributed by atoms with van der Waals surface area (Å²) in [6, 6.07) is 6.08. The van der Waals surface area contributed by atoms with Gasteiger partial charge in [0.1, 0.15) is 0 Å². The van der Waals surface area contributed by atoms with E-state index < -0.39 is 20.0 Å². The lowest BCUT2D eigenvalue weighted by Crippen LogP contribution is -2.29. The maximum absolute atomic E-state index is 11.5. The van der Waals surface area contributed by atoms with E-state index in [1.807, 2.05) is 0 Å². The Labute approximate surface area is 119 Å². The number of hydrogen-bond donors (Lipinski definition) is 3. The molecule has 3 N–H and O–H groups in total. The largest absolute Gasteiger partial charge is 0.384 e. The summed E-state index contributed by atoms with van der Waals surface area (Å²) in [5.74, 6) is -0.0442. The molecule has 0 heterocycles. The Morgan fingerprint density at radius 2 is 1.65 bits per heavy atom. The highest BCUT2D eigenvalue weighted by atomic mass is 32.2. The maximum Gasteiger partial charge on any atom is 0.240 e. The molecule has 7 nitrogen and oxygen atoms in total. The van der Waals surface area contributed by atoms with E-state index in [0.717, 1.165) is 0 Å². The van der Waals surface area contributed by atoms with Gasteiger partial charge in [-0.2, -0.15) is 0 Å². The van der Waals surface area contributed by atoms with Gasteiger partial charge in [0.05, 0.1) is 10.6 Å². The lowest BCUT2D eigenvalue weighted by molar-refractivity contribution is 0.584. The van der Waals surface area contributed by atoms with Gasteiger partial charge in [-0.15, -0.1) is 0 Å². The van der Waals surface area contributed by atoms with Crippen LogP contribution in [0.4, 0.5) is 5.69 Å². The molecule has 0 unspecified atom stereocenters. The summed E-state index contributed by atoms with van der Waals surface area (Å²) in [6.07, 6.45) is 0. The summed E-state index contributed by atoms with van der Waals surface area (Å²) >= 11 is 0. The van der Waals surface area contributed by atoms with Crippen LogP contribution < -0.4 is 14.8 Å². The Morgan fingerprint density at radius 1 is 1.05 bits per heavy atom. The molecule has 0 saturated carbocycles. The van der Waals surface area contributed by atoms with E-state index in [0.29, 0.717) is 12.2 Å². The average Bonchev–Trinajstić information content (AvgIpc) is 2.39. The molecule has 0 aromatic heterocycles. The summed E-state index contributed by atoms with van der Waals surface area (Å²) in [7, 11) is -5.36. The predicted octanol–water partition coefficient (Wildman–Crippen LogP) is -0.0541. The maximum atomic E-state index is 11.5. The summed E-state index contributed by atoms with van der Waals surface area (Å²) in [5, 5.41) is 2.92. The highest BCUT2D eigenvalue weighted by Crippen LogP contribution is 2.13. The fraction of sp³-hybridized carbons (Fsp3) is 0.455. The van der Waals surface area contributed by atoms with Crippen molar-refractivity contribution in [1.82, 2.24) is 9.44 Å². The fourth-order valence-electron chi connectivity index (χ4n) is 1.49. The molecule has 0 amide bonds. The predicted molar refractivity (Wildman–Crippen MR) is 78.6 cm³/mol. The molecule has 0 radical (unpaired) electrons. The first-order valence-electron chi connectivity index (χ1n) is 6.05. The zero-order valence-electron chi connectivity index (χ0n) is 11.4. The van der Waals surface area contributed by atoms with Crippen molar-refractivity contribution in [3.05, 3.63) is 24.3 Å². The number of rotatable bonds is 8. The van der Waals surface area contributed by atoms with Crippen LogP contribution in [0.5, 0.6) is 0 Å². The van der Waals surface area contributed by atoms with Crippen molar-refractivity contribution in [2.75, 3.05) is 31.2 Å². The highest BCUT2D eigenvalue weighted by Gasteiger charge is 2.11.